The predicted octanol–water partition coefficient (Wildman–Crippen LogP) is 4.49. The van der Waals surface area contributed by atoms with Gasteiger partial charge in [-0.1, -0.05) is 19.2 Å². The molecule has 0 aromatic carbocycles. The number of H-pyrrole nitrogens is 1. The smallest absolute Gasteiger partial charge is 0.272 e. The number of methoxy groups -OCH3 is 1. The maximum atomic E-state index is 13.6. The highest BCUT2D eigenvalue weighted by Crippen LogP contribution is 2.30. The second-order valence-corrected chi connectivity index (χ2v) is 10.4. The fourth-order valence-electron chi connectivity index (χ4n) is 3.61. The molecule has 0 amide bonds. The topological polar surface area (TPSA) is 149 Å². The Morgan fingerprint density at radius 1 is 1.33 bits per heavy atom. The van der Waals surface area contributed by atoms with Crippen molar-refractivity contribution >= 4 is 50.6 Å². The lowest BCUT2D eigenvalue weighted by atomic mass is 10.1. The molecule has 3 aromatic rings. The molecule has 0 atom stereocenters. The van der Waals surface area contributed by atoms with E-state index in [2.05, 4.69) is 43.7 Å². The molecule has 0 aliphatic carbocycles. The number of halogens is 1. The van der Waals surface area contributed by atoms with Crippen LogP contribution in [-0.2, 0) is 9.73 Å². The van der Waals surface area contributed by atoms with Crippen LogP contribution in [0.5, 0.6) is 5.75 Å². The Morgan fingerprint density at radius 3 is 2.75 bits per heavy atom. The molecule has 0 bridgehead atoms. The molecule has 0 radical (unpaired) electrons. The van der Waals surface area contributed by atoms with Gasteiger partial charge in [0, 0.05) is 57.9 Å². The van der Waals surface area contributed by atoms with Crippen molar-refractivity contribution in [3.8, 4) is 5.75 Å². The molecule has 36 heavy (non-hydrogen) atoms. The molecule has 1 saturated heterocycles. The summed E-state index contributed by atoms with van der Waals surface area (Å²) < 4.78 is 38.8. The second kappa shape index (κ2) is 10.2. The van der Waals surface area contributed by atoms with E-state index >= 15 is 0 Å². The van der Waals surface area contributed by atoms with Gasteiger partial charge in [0.1, 0.15) is 17.3 Å². The predicted molar refractivity (Wildman–Crippen MR) is 148 cm³/mol. The van der Waals surface area contributed by atoms with E-state index in [1.54, 1.807) is 18.3 Å². The summed E-state index contributed by atoms with van der Waals surface area (Å²) in [5, 5.41) is 5.95. The molecule has 4 heterocycles. The Kier molecular flexibility index (Phi) is 7.01. The lowest BCUT2D eigenvalue weighted by Crippen LogP contribution is -2.40. The lowest BCUT2D eigenvalue weighted by Gasteiger charge is -2.30. The van der Waals surface area contributed by atoms with Crippen molar-refractivity contribution in [3.63, 3.8) is 0 Å². The summed E-state index contributed by atoms with van der Waals surface area (Å²) in [6.07, 6.45) is 4.51. The highest BCUT2D eigenvalue weighted by atomic mass is 32.2. The summed E-state index contributed by atoms with van der Waals surface area (Å²) in [4.78, 5) is 29.8. The van der Waals surface area contributed by atoms with Crippen molar-refractivity contribution in [2.75, 3.05) is 47.2 Å². The molecule has 13 heteroatoms. The monoisotopic (exact) mass is 520 g/mol. The molecule has 1 aliphatic rings. The first-order valence-corrected chi connectivity index (χ1v) is 12.7. The van der Waals surface area contributed by atoms with Gasteiger partial charge in [0.15, 0.2) is 11.6 Å². The number of rotatable bonds is 8. The second-order valence-electron chi connectivity index (χ2n) is 7.92. The Labute approximate surface area is 213 Å². The maximum Gasteiger partial charge on any atom is 0.272 e. The highest BCUT2D eigenvalue weighted by molar-refractivity contribution is 7.92. The van der Waals surface area contributed by atoms with Crippen LogP contribution >= 0.6 is 0 Å². The average molecular weight is 521 g/mol. The summed E-state index contributed by atoms with van der Waals surface area (Å²) in [5.41, 5.74) is 0.491. The van der Waals surface area contributed by atoms with Crippen LogP contribution in [0, 0.1) is 4.78 Å². The summed E-state index contributed by atoms with van der Waals surface area (Å²) in [6.45, 7) is 7.78. The number of aromatic nitrogens is 4. The van der Waals surface area contributed by atoms with Crippen molar-refractivity contribution in [2.45, 2.75) is 0 Å². The molecule has 196 valence electrons. The van der Waals surface area contributed by atoms with Crippen LogP contribution in [0.3, 0.4) is 0 Å². The van der Waals surface area contributed by atoms with E-state index in [1.807, 2.05) is 4.90 Å². The van der Waals surface area contributed by atoms with Gasteiger partial charge in [-0.3, -0.25) is 9.57 Å². The van der Waals surface area contributed by atoms with E-state index < -0.39 is 21.1 Å². The molecule has 11 nitrogen and oxygen atoms in total. The van der Waals surface area contributed by atoms with Gasteiger partial charge < -0.3 is 25.3 Å². The van der Waals surface area contributed by atoms with Gasteiger partial charge in [-0.15, -0.1) is 0 Å². The van der Waals surface area contributed by atoms with Crippen LogP contribution < -0.4 is 25.8 Å². The number of nitrogens with one attached hydrogen (secondary N) is 4. The zero-order chi connectivity index (χ0) is 25.9. The number of hydrogen-bond acceptors (Lipinski definition) is 10. The van der Waals surface area contributed by atoms with Crippen LogP contribution in [0.15, 0.2) is 48.5 Å². The van der Waals surface area contributed by atoms with E-state index in [1.165, 1.54) is 25.4 Å². The van der Waals surface area contributed by atoms with Crippen LogP contribution in [-0.4, -0.2) is 55.8 Å². The first kappa shape index (κ1) is 24.9. The van der Waals surface area contributed by atoms with Gasteiger partial charge in [-0.25, -0.2) is 18.6 Å². The number of aromatic amines is 1. The Morgan fingerprint density at radius 2 is 2.08 bits per heavy atom. The minimum atomic E-state index is -2.52. The molecule has 0 saturated carbocycles. The summed E-state index contributed by atoms with van der Waals surface area (Å²) in [7, 11) is -0.994. The SMILES string of the molecule is C=Cc1cc(Nc2ccnc(Nc3cnc(N4CCS(=N)(=O)CC4)c(OC)c3)n2)c(=O)[nH]c1C(=C)F.[HH].[HH].[HH].[HH]. The van der Waals surface area contributed by atoms with Crippen molar-refractivity contribution in [1.82, 2.24) is 19.9 Å². The minimum Gasteiger partial charge on any atom is -0.493 e. The van der Waals surface area contributed by atoms with Crippen LogP contribution in [0.25, 0.3) is 11.9 Å². The Bertz CT molecular complexity index is 1490. The summed E-state index contributed by atoms with van der Waals surface area (Å²) in [5.74, 6) is 1.47. The molecule has 0 unspecified atom stereocenters. The molecule has 1 fully saturated rings. The third-order valence-corrected chi connectivity index (χ3v) is 7.16. The van der Waals surface area contributed by atoms with Gasteiger partial charge in [-0.05, 0) is 12.1 Å². The third-order valence-electron chi connectivity index (χ3n) is 5.47. The van der Waals surface area contributed by atoms with Gasteiger partial charge in [-0.2, -0.15) is 4.98 Å². The van der Waals surface area contributed by atoms with Crippen LogP contribution in [0.2, 0.25) is 0 Å². The molecule has 4 N–H and O–H groups in total. The van der Waals surface area contributed by atoms with Crippen molar-refractivity contribution in [3.05, 3.63) is 65.4 Å². The number of pyridine rings is 2. The molecular formula is C23H33FN8O3S. The quantitative estimate of drug-likeness (QED) is 0.337. The Hall–Kier alpha value is -4.26. The molecule has 3 aromatic heterocycles. The van der Waals surface area contributed by atoms with Gasteiger partial charge in [0.2, 0.25) is 5.95 Å². The van der Waals surface area contributed by atoms with E-state index in [4.69, 9.17) is 9.52 Å². The normalized spacial score (nSPS) is 14.7. The van der Waals surface area contributed by atoms with Crippen molar-refractivity contribution < 1.29 is 19.0 Å². The summed E-state index contributed by atoms with van der Waals surface area (Å²) >= 11 is 0. The fraction of sp³-hybridized carbons (Fsp3) is 0.217. The number of hydrogen-bond donors (Lipinski definition) is 4. The van der Waals surface area contributed by atoms with Crippen molar-refractivity contribution in [2.24, 2.45) is 0 Å². The Balaban J connectivity index is 0.00000380. The highest BCUT2D eigenvalue weighted by Gasteiger charge is 2.23. The number of anilines is 5. The largest absolute Gasteiger partial charge is 0.493 e. The molecule has 4 rings (SSSR count). The number of ether oxygens (including phenoxy) is 1. The minimum absolute atomic E-state index is 0. The van der Waals surface area contributed by atoms with Crippen molar-refractivity contribution in [1.29, 1.82) is 4.78 Å². The van der Waals surface area contributed by atoms with Crippen LogP contribution in [0.1, 0.15) is 17.0 Å². The first-order valence-electron chi connectivity index (χ1n) is 10.8. The zero-order valence-electron chi connectivity index (χ0n) is 19.5. The van der Waals surface area contributed by atoms with E-state index in [0.29, 0.717) is 41.7 Å². The first-order chi connectivity index (χ1) is 17.2. The zero-order valence-corrected chi connectivity index (χ0v) is 20.3. The number of nitrogens with zero attached hydrogens (tertiary/aromatic N) is 4. The maximum absolute atomic E-state index is 13.6. The third kappa shape index (κ3) is 5.51. The lowest BCUT2D eigenvalue weighted by molar-refractivity contribution is 0.412. The summed E-state index contributed by atoms with van der Waals surface area (Å²) in [6, 6.07) is 4.76. The van der Waals surface area contributed by atoms with Gasteiger partial charge >= 0.3 is 0 Å². The van der Waals surface area contributed by atoms with E-state index in [0.717, 1.165) is 0 Å². The van der Waals surface area contributed by atoms with Gasteiger partial charge in [0.25, 0.3) is 5.56 Å². The standard InChI is InChI=1S/C23H25FN8O3S.4H2/c1-4-15-11-17(22(33)31-20(15)14(2)24)29-19-5-6-26-23(30-19)28-16-12-18(35-3)21(27-13-16)32-7-9-36(25,34)10-8-32;;;;/h4-6,11-13,25H,1-2,7-10H2,3H3,(H,31,33)(H2,26,28,29,30);4*1H. The van der Waals surface area contributed by atoms with Gasteiger partial charge in [0.05, 0.1) is 24.7 Å². The van der Waals surface area contributed by atoms with E-state index in [9.17, 15) is 13.4 Å². The molecular weight excluding hydrogens is 487 g/mol. The van der Waals surface area contributed by atoms with E-state index in [-0.39, 0.29) is 34.5 Å². The average Bonchev–Trinajstić information content (AvgIpc) is 2.85. The molecule has 0 spiro atoms. The molecule has 1 aliphatic heterocycles. The fourth-order valence-corrected chi connectivity index (χ4v) is 4.85. The van der Waals surface area contributed by atoms with Crippen LogP contribution in [0.4, 0.5) is 33.3 Å².